The molecule has 0 amide bonds. The predicted octanol–water partition coefficient (Wildman–Crippen LogP) is 3.30. The number of hydrogen-bond donors (Lipinski definition) is 3. The van der Waals surface area contributed by atoms with Gasteiger partial charge in [-0.15, -0.1) is 11.8 Å². The van der Waals surface area contributed by atoms with E-state index in [0.29, 0.717) is 23.9 Å². The zero-order chi connectivity index (χ0) is 25.0. The van der Waals surface area contributed by atoms with Crippen LogP contribution in [-0.2, 0) is 15.7 Å². The van der Waals surface area contributed by atoms with Crippen molar-refractivity contribution in [3.63, 3.8) is 0 Å². The minimum absolute atomic E-state index is 0.0849. The van der Waals surface area contributed by atoms with Crippen LogP contribution in [0.5, 0.6) is 0 Å². The van der Waals surface area contributed by atoms with Gasteiger partial charge in [0.15, 0.2) is 0 Å². The zero-order valence-corrected chi connectivity index (χ0v) is 18.4. The first-order valence-electron chi connectivity index (χ1n) is 9.77. The molecule has 0 saturated heterocycles. The highest BCUT2D eigenvalue weighted by molar-refractivity contribution is 7.99. The van der Waals surface area contributed by atoms with E-state index in [0.717, 1.165) is 12.1 Å². The van der Waals surface area contributed by atoms with Crippen molar-refractivity contribution in [3.8, 4) is 11.1 Å². The molecule has 0 spiro atoms. The number of aromatic amines is 2. The molecule has 1 aromatic heterocycles. The molecule has 34 heavy (non-hydrogen) atoms. The Hall–Kier alpha value is -2.74. The van der Waals surface area contributed by atoms with Gasteiger partial charge < -0.3 is 19.6 Å². The summed E-state index contributed by atoms with van der Waals surface area (Å²) in [6, 6.07) is 2.57. The Morgan fingerprint density at radius 1 is 1.12 bits per heavy atom. The molecule has 1 unspecified atom stereocenters. The van der Waals surface area contributed by atoms with Crippen LogP contribution in [0.4, 0.5) is 22.0 Å². The summed E-state index contributed by atoms with van der Waals surface area (Å²) in [4.78, 5) is 28.1. The first-order chi connectivity index (χ1) is 16.1. The number of H-pyrrole nitrogens is 2. The highest BCUT2D eigenvalue weighted by Crippen LogP contribution is 2.45. The largest absolute Gasteiger partial charge is 0.417 e. The van der Waals surface area contributed by atoms with E-state index in [1.807, 2.05) is 4.98 Å². The number of methoxy groups -OCH3 is 1. The van der Waals surface area contributed by atoms with Gasteiger partial charge in [-0.25, -0.2) is 13.6 Å². The summed E-state index contributed by atoms with van der Waals surface area (Å²) in [5, 5.41) is 9.09. The van der Waals surface area contributed by atoms with E-state index in [2.05, 4.69) is 4.98 Å². The summed E-state index contributed by atoms with van der Waals surface area (Å²) in [5.41, 5.74) is -4.95. The van der Waals surface area contributed by atoms with Crippen LogP contribution in [0.25, 0.3) is 22.0 Å². The third-order valence-electron chi connectivity index (χ3n) is 4.76. The first kappa shape index (κ1) is 25.9. The van der Waals surface area contributed by atoms with Crippen LogP contribution in [0, 0.1) is 11.6 Å². The van der Waals surface area contributed by atoms with E-state index in [-0.39, 0.29) is 29.4 Å². The number of rotatable bonds is 9. The molecule has 2 aromatic carbocycles. The molecule has 3 aromatic rings. The summed E-state index contributed by atoms with van der Waals surface area (Å²) >= 11 is 0.714. The lowest BCUT2D eigenvalue weighted by atomic mass is 9.96. The van der Waals surface area contributed by atoms with Gasteiger partial charge >= 0.3 is 11.9 Å². The molecule has 0 fully saturated rings. The lowest BCUT2D eigenvalue weighted by Gasteiger charge is -2.21. The van der Waals surface area contributed by atoms with Crippen LogP contribution < -0.4 is 11.2 Å². The molecule has 0 bridgehead atoms. The van der Waals surface area contributed by atoms with E-state index in [4.69, 9.17) is 9.47 Å². The highest BCUT2D eigenvalue weighted by Gasteiger charge is 2.37. The number of benzene rings is 2. The van der Waals surface area contributed by atoms with Gasteiger partial charge in [0.25, 0.3) is 5.56 Å². The maximum atomic E-state index is 14.7. The fourth-order valence-corrected chi connectivity index (χ4v) is 4.46. The van der Waals surface area contributed by atoms with Crippen LogP contribution in [0.1, 0.15) is 5.56 Å². The number of alkyl halides is 3. The molecular formula is C21H19F5N2O5S. The molecule has 0 saturated carbocycles. The summed E-state index contributed by atoms with van der Waals surface area (Å²) in [6.07, 6.45) is -5.89. The summed E-state index contributed by atoms with van der Waals surface area (Å²) in [6.45, 7) is -0.213. The van der Waals surface area contributed by atoms with Gasteiger partial charge in [0.2, 0.25) is 0 Å². The van der Waals surface area contributed by atoms with Gasteiger partial charge in [0.1, 0.15) is 11.6 Å². The molecule has 0 aliphatic heterocycles. The maximum absolute atomic E-state index is 14.7. The van der Waals surface area contributed by atoms with Gasteiger partial charge in [-0.2, -0.15) is 13.2 Å². The van der Waals surface area contributed by atoms with Crippen molar-refractivity contribution in [1.29, 1.82) is 0 Å². The zero-order valence-electron chi connectivity index (χ0n) is 17.6. The van der Waals surface area contributed by atoms with E-state index in [1.54, 1.807) is 0 Å². The monoisotopic (exact) mass is 506 g/mol. The van der Waals surface area contributed by atoms with Gasteiger partial charge in [0, 0.05) is 35.0 Å². The van der Waals surface area contributed by atoms with Crippen LogP contribution in [-0.4, -0.2) is 53.9 Å². The SMILES string of the molecule is COCCOC(CO)CSc1c(-c2ccc(F)cc2F)c(C(F)(F)F)cc2c(=O)[nH]c(=O)[nH]c12. The molecule has 184 valence electrons. The Morgan fingerprint density at radius 3 is 2.47 bits per heavy atom. The van der Waals surface area contributed by atoms with Crippen molar-refractivity contribution >= 4 is 22.7 Å². The van der Waals surface area contributed by atoms with Gasteiger partial charge in [-0.3, -0.25) is 9.78 Å². The Labute approximate surface area is 192 Å². The molecule has 3 N–H and O–H groups in total. The third-order valence-corrected chi connectivity index (χ3v) is 5.99. The summed E-state index contributed by atoms with van der Waals surface area (Å²) in [7, 11) is 1.43. The highest BCUT2D eigenvalue weighted by atomic mass is 32.2. The second kappa shape index (κ2) is 10.7. The van der Waals surface area contributed by atoms with Crippen molar-refractivity contribution in [2.45, 2.75) is 17.2 Å². The van der Waals surface area contributed by atoms with Crippen molar-refractivity contribution in [2.24, 2.45) is 0 Å². The number of aromatic nitrogens is 2. The third kappa shape index (κ3) is 5.66. The Morgan fingerprint density at radius 2 is 1.85 bits per heavy atom. The van der Waals surface area contributed by atoms with Crippen LogP contribution in [0.15, 0.2) is 38.8 Å². The van der Waals surface area contributed by atoms with E-state index >= 15 is 0 Å². The molecule has 7 nitrogen and oxygen atoms in total. The number of thioether (sulfide) groups is 1. The predicted molar refractivity (Wildman–Crippen MR) is 115 cm³/mol. The number of halogens is 5. The molecule has 1 atom stereocenters. The fourth-order valence-electron chi connectivity index (χ4n) is 3.23. The first-order valence-corrected chi connectivity index (χ1v) is 10.8. The molecule has 1 heterocycles. The molecule has 3 rings (SSSR count). The minimum atomic E-state index is -5.03. The van der Waals surface area contributed by atoms with E-state index in [1.165, 1.54) is 7.11 Å². The molecule has 0 aliphatic rings. The van der Waals surface area contributed by atoms with Crippen molar-refractivity contribution in [1.82, 2.24) is 9.97 Å². The van der Waals surface area contributed by atoms with Crippen LogP contribution in [0.3, 0.4) is 0 Å². The van der Waals surface area contributed by atoms with E-state index < -0.39 is 63.8 Å². The fraction of sp³-hybridized carbons (Fsp3) is 0.333. The number of hydrogen-bond acceptors (Lipinski definition) is 6. The number of ether oxygens (including phenoxy) is 2. The Kier molecular flexibility index (Phi) is 8.13. The average molecular weight is 506 g/mol. The molecule has 13 heteroatoms. The topological polar surface area (TPSA) is 104 Å². The number of fused-ring (bicyclic) bond motifs is 1. The maximum Gasteiger partial charge on any atom is 0.417 e. The van der Waals surface area contributed by atoms with Crippen molar-refractivity contribution in [3.05, 3.63) is 62.3 Å². The van der Waals surface area contributed by atoms with Gasteiger partial charge in [-0.1, -0.05) is 0 Å². The Balaban J connectivity index is 2.29. The van der Waals surface area contributed by atoms with Gasteiger partial charge in [-0.05, 0) is 18.2 Å². The Bertz CT molecular complexity index is 1290. The number of aliphatic hydroxyl groups is 1. The summed E-state index contributed by atoms with van der Waals surface area (Å²) < 4.78 is 80.6. The van der Waals surface area contributed by atoms with Crippen LogP contribution in [0.2, 0.25) is 0 Å². The molecular weight excluding hydrogens is 487 g/mol. The molecule has 0 radical (unpaired) electrons. The summed E-state index contributed by atoms with van der Waals surface area (Å²) in [5.74, 6) is -2.39. The van der Waals surface area contributed by atoms with E-state index in [9.17, 15) is 36.6 Å². The average Bonchev–Trinajstić information content (AvgIpc) is 2.75. The number of nitrogens with one attached hydrogen (secondary N) is 2. The number of aliphatic hydroxyl groups excluding tert-OH is 1. The lowest BCUT2D eigenvalue weighted by molar-refractivity contribution is -0.137. The smallest absolute Gasteiger partial charge is 0.394 e. The molecule has 0 aliphatic carbocycles. The van der Waals surface area contributed by atoms with Crippen molar-refractivity contribution in [2.75, 3.05) is 32.7 Å². The lowest BCUT2D eigenvalue weighted by Crippen LogP contribution is -2.24. The standard InChI is InChI=1S/C21H19F5N2O5S/c1-32-4-5-33-11(8-29)9-34-18-16(12-3-2-10(22)6-15(12)23)14(21(24,25)26)7-13-17(18)27-20(31)28-19(13)30/h2-3,6-7,11,29H,4-5,8-9H2,1H3,(H2,27,28,30,31). The quantitative estimate of drug-likeness (QED) is 0.234. The second-order valence-electron chi connectivity index (χ2n) is 7.06. The second-order valence-corrected chi connectivity index (χ2v) is 8.09. The van der Waals surface area contributed by atoms with Crippen LogP contribution >= 0.6 is 11.8 Å². The van der Waals surface area contributed by atoms with Gasteiger partial charge in [0.05, 0.1) is 42.4 Å². The minimum Gasteiger partial charge on any atom is -0.394 e. The van der Waals surface area contributed by atoms with Crippen molar-refractivity contribution < 1.29 is 36.5 Å². The normalized spacial score (nSPS) is 12.9.